The van der Waals surface area contributed by atoms with E-state index in [-0.39, 0.29) is 11.9 Å². The highest BCUT2D eigenvalue weighted by atomic mass is 16.2. The fourth-order valence-electron chi connectivity index (χ4n) is 3.59. The first-order chi connectivity index (χ1) is 14.0. The molecule has 2 N–H and O–H groups in total. The van der Waals surface area contributed by atoms with Gasteiger partial charge in [0.25, 0.3) is 0 Å². The lowest BCUT2D eigenvalue weighted by atomic mass is 10.0. The molecule has 5 rings (SSSR count). The summed E-state index contributed by atoms with van der Waals surface area (Å²) in [7, 11) is 0. The number of carbonyl (C=O) groups excluding carboxylic acids is 1. The highest BCUT2D eigenvalue weighted by Crippen LogP contribution is 2.23. The largest absolute Gasteiger partial charge is 0.399 e. The number of nitrogen functional groups attached to an aromatic ring is 1. The summed E-state index contributed by atoms with van der Waals surface area (Å²) in [6.45, 7) is 3.99. The molecule has 1 atom stereocenters. The second-order valence-electron chi connectivity index (χ2n) is 7.38. The fraction of sp³-hybridized carbons (Fsp3) is 0.217. The molecule has 2 bridgehead atoms. The number of benzene rings is 2. The minimum absolute atomic E-state index is 0.00192. The molecule has 0 fully saturated rings. The molecular weight excluding hydrogens is 362 g/mol. The van der Waals surface area contributed by atoms with Crippen LogP contribution in [0.25, 0.3) is 0 Å². The zero-order valence-electron chi connectivity index (χ0n) is 16.5. The summed E-state index contributed by atoms with van der Waals surface area (Å²) in [5.41, 5.74) is 10.7. The predicted octanol–water partition coefficient (Wildman–Crippen LogP) is 3.46. The van der Waals surface area contributed by atoms with Gasteiger partial charge in [0.2, 0.25) is 5.91 Å². The van der Waals surface area contributed by atoms with E-state index >= 15 is 0 Å². The number of fused-ring (bicyclic) bond motifs is 6. The van der Waals surface area contributed by atoms with Crippen LogP contribution in [0.1, 0.15) is 29.2 Å². The van der Waals surface area contributed by atoms with Crippen molar-refractivity contribution in [2.75, 3.05) is 5.73 Å². The zero-order valence-corrected chi connectivity index (χ0v) is 16.5. The standard InChI is InChI=1S/C23H23N5O/c1-15-11-19(7-8-20(15)24)23(27-21-14-25-9-10-26-21)28-16(2)12-17-3-5-18(6-4-17)13-22(28)29/h3-11,14,16H,12-13,24H2,1-2H3. The van der Waals surface area contributed by atoms with Crippen LogP contribution in [0.15, 0.2) is 66.0 Å². The third-order valence-corrected chi connectivity index (χ3v) is 5.15. The van der Waals surface area contributed by atoms with Gasteiger partial charge in [-0.15, -0.1) is 0 Å². The van der Waals surface area contributed by atoms with E-state index in [1.807, 2.05) is 44.2 Å². The van der Waals surface area contributed by atoms with Crippen molar-refractivity contribution < 1.29 is 4.79 Å². The summed E-state index contributed by atoms with van der Waals surface area (Å²) < 4.78 is 0. The maximum absolute atomic E-state index is 13.4. The van der Waals surface area contributed by atoms with Crippen LogP contribution < -0.4 is 5.73 Å². The zero-order chi connectivity index (χ0) is 20.4. The number of aryl methyl sites for hydroxylation is 1. The quantitative estimate of drug-likeness (QED) is 0.416. The van der Waals surface area contributed by atoms with E-state index in [0.29, 0.717) is 23.8 Å². The lowest BCUT2D eigenvalue weighted by molar-refractivity contribution is -0.128. The van der Waals surface area contributed by atoms with Gasteiger partial charge in [0.15, 0.2) is 5.82 Å². The number of hydrogen-bond donors (Lipinski definition) is 1. The summed E-state index contributed by atoms with van der Waals surface area (Å²) in [5.74, 6) is 1.02. The van der Waals surface area contributed by atoms with Gasteiger partial charge in [-0.05, 0) is 55.2 Å². The number of amides is 1. The Morgan fingerprint density at radius 2 is 1.90 bits per heavy atom. The summed E-state index contributed by atoms with van der Waals surface area (Å²) >= 11 is 0. The molecule has 1 aromatic heterocycles. The van der Waals surface area contributed by atoms with Crippen molar-refractivity contribution in [2.24, 2.45) is 4.99 Å². The van der Waals surface area contributed by atoms with Gasteiger partial charge in [0.1, 0.15) is 5.84 Å². The fourth-order valence-corrected chi connectivity index (χ4v) is 3.59. The number of anilines is 1. The SMILES string of the molecule is Cc1cc(C(=Nc2cnccn2)N2C(=O)Cc3ccc(cc3)CC2C)ccc1N. The molecule has 0 saturated heterocycles. The average molecular weight is 385 g/mol. The molecule has 29 heavy (non-hydrogen) atoms. The number of nitrogens with two attached hydrogens (primary N) is 1. The number of aromatic nitrogens is 2. The van der Waals surface area contributed by atoms with Gasteiger partial charge in [-0.3, -0.25) is 14.7 Å². The van der Waals surface area contributed by atoms with Gasteiger partial charge in [-0.25, -0.2) is 9.98 Å². The molecule has 6 nitrogen and oxygen atoms in total. The molecule has 1 amide bonds. The average Bonchev–Trinajstić information content (AvgIpc) is 2.80. The first kappa shape index (κ1) is 18.8. The third-order valence-electron chi connectivity index (χ3n) is 5.15. The van der Waals surface area contributed by atoms with Crippen molar-refractivity contribution in [3.8, 4) is 0 Å². The van der Waals surface area contributed by atoms with E-state index in [2.05, 4.69) is 22.1 Å². The van der Waals surface area contributed by atoms with Crippen LogP contribution in [0.5, 0.6) is 0 Å². The monoisotopic (exact) mass is 385 g/mol. The van der Waals surface area contributed by atoms with E-state index < -0.39 is 0 Å². The van der Waals surface area contributed by atoms with Crippen molar-refractivity contribution >= 4 is 23.2 Å². The van der Waals surface area contributed by atoms with Crippen LogP contribution in [0.2, 0.25) is 0 Å². The van der Waals surface area contributed by atoms with E-state index in [1.165, 1.54) is 5.56 Å². The number of nitrogens with zero attached hydrogens (tertiary/aromatic N) is 4. The summed E-state index contributed by atoms with van der Waals surface area (Å²) in [6.07, 6.45) is 5.83. The molecule has 2 aromatic carbocycles. The number of carbonyl (C=O) groups is 1. The molecule has 1 unspecified atom stereocenters. The summed E-state index contributed by atoms with van der Waals surface area (Å²) in [5, 5.41) is 0. The van der Waals surface area contributed by atoms with E-state index in [4.69, 9.17) is 10.7 Å². The van der Waals surface area contributed by atoms with Crippen molar-refractivity contribution in [3.05, 3.63) is 83.3 Å². The van der Waals surface area contributed by atoms with Crippen LogP contribution in [0, 0.1) is 6.92 Å². The topological polar surface area (TPSA) is 84.5 Å². The summed E-state index contributed by atoms with van der Waals surface area (Å²) in [6, 6.07) is 13.9. The molecule has 3 aromatic rings. The minimum Gasteiger partial charge on any atom is -0.399 e. The van der Waals surface area contributed by atoms with Gasteiger partial charge in [0.05, 0.1) is 12.6 Å². The summed E-state index contributed by atoms with van der Waals surface area (Å²) in [4.78, 5) is 28.3. The Hall–Kier alpha value is -3.54. The van der Waals surface area contributed by atoms with E-state index in [1.54, 1.807) is 23.5 Å². The highest BCUT2D eigenvalue weighted by Gasteiger charge is 2.28. The molecule has 2 aliphatic heterocycles. The van der Waals surface area contributed by atoms with Gasteiger partial charge in [-0.2, -0.15) is 0 Å². The molecule has 6 heteroatoms. The Morgan fingerprint density at radius 3 is 2.59 bits per heavy atom. The number of hydrogen-bond acceptors (Lipinski definition) is 5. The first-order valence-electron chi connectivity index (χ1n) is 9.62. The van der Waals surface area contributed by atoms with Gasteiger partial charge in [0, 0.05) is 29.7 Å². The van der Waals surface area contributed by atoms with Crippen molar-refractivity contribution in [3.63, 3.8) is 0 Å². The second-order valence-corrected chi connectivity index (χ2v) is 7.38. The number of rotatable bonds is 2. The maximum Gasteiger partial charge on any atom is 0.232 e. The molecule has 0 aliphatic carbocycles. The van der Waals surface area contributed by atoms with Crippen molar-refractivity contribution in [2.45, 2.75) is 32.7 Å². The van der Waals surface area contributed by atoms with Gasteiger partial charge < -0.3 is 5.73 Å². The third kappa shape index (κ3) is 4.01. The van der Waals surface area contributed by atoms with Gasteiger partial charge >= 0.3 is 0 Å². The Balaban J connectivity index is 1.85. The van der Waals surface area contributed by atoms with E-state index in [9.17, 15) is 4.79 Å². The normalized spacial score (nSPS) is 17.0. The van der Waals surface area contributed by atoms with Gasteiger partial charge in [-0.1, -0.05) is 24.3 Å². The highest BCUT2D eigenvalue weighted by molar-refractivity contribution is 6.09. The predicted molar refractivity (Wildman–Crippen MR) is 114 cm³/mol. The Labute approximate surface area is 170 Å². The van der Waals surface area contributed by atoms with Crippen molar-refractivity contribution in [1.29, 1.82) is 0 Å². The maximum atomic E-state index is 13.4. The van der Waals surface area contributed by atoms with Crippen LogP contribution in [0.4, 0.5) is 11.5 Å². The molecule has 146 valence electrons. The molecule has 0 radical (unpaired) electrons. The molecule has 0 spiro atoms. The molecular formula is C23H23N5O. The number of amidine groups is 1. The van der Waals surface area contributed by atoms with Crippen LogP contribution in [-0.4, -0.2) is 32.7 Å². The second kappa shape index (κ2) is 7.83. The smallest absolute Gasteiger partial charge is 0.232 e. The Morgan fingerprint density at radius 1 is 1.14 bits per heavy atom. The lowest BCUT2D eigenvalue weighted by Crippen LogP contribution is -2.45. The van der Waals surface area contributed by atoms with Crippen molar-refractivity contribution in [1.82, 2.24) is 14.9 Å². The van der Waals surface area contributed by atoms with E-state index in [0.717, 1.165) is 23.1 Å². The van der Waals surface area contributed by atoms with Crippen LogP contribution >= 0.6 is 0 Å². The molecule has 0 saturated carbocycles. The van der Waals surface area contributed by atoms with Crippen LogP contribution in [0.3, 0.4) is 0 Å². The lowest BCUT2D eigenvalue weighted by Gasteiger charge is -2.30. The Bertz CT molecular complexity index is 1060. The first-order valence-corrected chi connectivity index (χ1v) is 9.62. The van der Waals surface area contributed by atoms with Crippen LogP contribution in [-0.2, 0) is 17.6 Å². The molecule has 2 aliphatic rings. The number of aliphatic imine (C=N–C) groups is 1. The minimum atomic E-state index is -0.0717. The molecule has 3 heterocycles. The Kier molecular flexibility index (Phi) is 5.08.